The summed E-state index contributed by atoms with van der Waals surface area (Å²) in [5.74, 6) is 0. The van der Waals surface area contributed by atoms with E-state index in [2.05, 4.69) is 0 Å². The molecule has 0 amide bonds. The van der Waals surface area contributed by atoms with Crippen LogP contribution in [0.1, 0.15) is 44.7 Å². The maximum Gasteiger partial charge on any atom is 0.244 e. The number of hydrogen-bond acceptors (Lipinski definition) is 3. The normalized spacial score (nSPS) is 18.7. The molecule has 5 nitrogen and oxygen atoms in total. The van der Waals surface area contributed by atoms with E-state index in [9.17, 15) is 8.42 Å². The molecule has 1 aromatic rings. The van der Waals surface area contributed by atoms with Crippen LogP contribution in [-0.4, -0.2) is 30.4 Å². The van der Waals surface area contributed by atoms with Gasteiger partial charge in [0.2, 0.25) is 10.0 Å². The standard InChI is InChI=1S/C14H25N3O2S/c1-2-16-12-14(10-13(16)11-15)20(18,19)17-8-6-4-3-5-7-9-17/h10,12H,2-9,11,15H2,1H3. The van der Waals surface area contributed by atoms with Crippen LogP contribution in [0.15, 0.2) is 17.2 Å². The van der Waals surface area contributed by atoms with Gasteiger partial charge in [-0.2, -0.15) is 4.31 Å². The van der Waals surface area contributed by atoms with Gasteiger partial charge in [-0.25, -0.2) is 8.42 Å². The van der Waals surface area contributed by atoms with Crippen molar-refractivity contribution in [2.45, 2.75) is 57.0 Å². The zero-order valence-corrected chi connectivity index (χ0v) is 13.0. The lowest BCUT2D eigenvalue weighted by molar-refractivity contribution is 0.364. The average Bonchev–Trinajstić information content (AvgIpc) is 2.81. The molecule has 0 aliphatic carbocycles. The average molecular weight is 299 g/mol. The molecule has 1 aliphatic heterocycles. The van der Waals surface area contributed by atoms with E-state index >= 15 is 0 Å². The number of hydrogen-bond donors (Lipinski definition) is 1. The summed E-state index contributed by atoms with van der Waals surface area (Å²) in [6, 6.07) is 1.72. The molecule has 114 valence electrons. The van der Waals surface area contributed by atoms with Crippen molar-refractivity contribution in [1.82, 2.24) is 8.87 Å². The van der Waals surface area contributed by atoms with E-state index in [1.165, 1.54) is 6.42 Å². The molecule has 1 fully saturated rings. The molecule has 1 aliphatic rings. The van der Waals surface area contributed by atoms with Gasteiger partial charge in [0.05, 0.1) is 0 Å². The van der Waals surface area contributed by atoms with Gasteiger partial charge in [-0.1, -0.05) is 19.3 Å². The second-order valence-corrected chi connectivity index (χ2v) is 7.27. The van der Waals surface area contributed by atoms with Gasteiger partial charge in [0, 0.05) is 38.1 Å². The Morgan fingerprint density at radius 1 is 1.15 bits per heavy atom. The van der Waals surface area contributed by atoms with Crippen molar-refractivity contribution in [3.8, 4) is 0 Å². The zero-order chi connectivity index (χ0) is 14.6. The van der Waals surface area contributed by atoms with E-state index in [0.29, 0.717) is 24.5 Å². The van der Waals surface area contributed by atoms with Crippen LogP contribution in [0.3, 0.4) is 0 Å². The molecule has 2 heterocycles. The van der Waals surface area contributed by atoms with E-state index < -0.39 is 10.0 Å². The predicted octanol–water partition coefficient (Wildman–Crippen LogP) is 1.92. The fourth-order valence-electron chi connectivity index (χ4n) is 2.74. The van der Waals surface area contributed by atoms with Gasteiger partial charge in [0.25, 0.3) is 0 Å². The number of sulfonamides is 1. The number of aromatic nitrogens is 1. The summed E-state index contributed by atoms with van der Waals surface area (Å²) in [7, 11) is -3.37. The van der Waals surface area contributed by atoms with Crippen molar-refractivity contribution in [2.75, 3.05) is 13.1 Å². The lowest BCUT2D eigenvalue weighted by Gasteiger charge is -2.23. The van der Waals surface area contributed by atoms with Crippen molar-refractivity contribution in [1.29, 1.82) is 0 Å². The van der Waals surface area contributed by atoms with Gasteiger partial charge in [0.15, 0.2) is 0 Å². The van der Waals surface area contributed by atoms with Gasteiger partial charge in [-0.15, -0.1) is 0 Å². The Hall–Kier alpha value is -0.850. The summed E-state index contributed by atoms with van der Waals surface area (Å²) in [5, 5.41) is 0. The van der Waals surface area contributed by atoms with Gasteiger partial charge < -0.3 is 10.3 Å². The van der Waals surface area contributed by atoms with Crippen LogP contribution in [0.25, 0.3) is 0 Å². The highest BCUT2D eigenvalue weighted by Crippen LogP contribution is 2.22. The van der Waals surface area contributed by atoms with Crippen LogP contribution in [0.5, 0.6) is 0 Å². The molecule has 0 radical (unpaired) electrons. The van der Waals surface area contributed by atoms with Gasteiger partial charge in [0.1, 0.15) is 4.90 Å². The van der Waals surface area contributed by atoms with Gasteiger partial charge in [-0.3, -0.25) is 0 Å². The minimum Gasteiger partial charge on any atom is -0.349 e. The fourth-order valence-corrected chi connectivity index (χ4v) is 4.32. The second kappa shape index (κ2) is 6.74. The summed E-state index contributed by atoms with van der Waals surface area (Å²) in [4.78, 5) is 0.389. The minimum absolute atomic E-state index is 0.364. The summed E-state index contributed by atoms with van der Waals surface area (Å²) < 4.78 is 29.0. The molecule has 6 heteroatoms. The van der Waals surface area contributed by atoms with E-state index in [-0.39, 0.29) is 0 Å². The van der Waals surface area contributed by atoms with Crippen LogP contribution in [0.2, 0.25) is 0 Å². The first-order valence-corrected chi connectivity index (χ1v) is 8.93. The van der Waals surface area contributed by atoms with Gasteiger partial charge >= 0.3 is 0 Å². The van der Waals surface area contributed by atoms with Gasteiger partial charge in [-0.05, 0) is 25.8 Å². The molecule has 2 rings (SSSR count). The van der Waals surface area contributed by atoms with E-state index in [1.54, 1.807) is 16.6 Å². The number of nitrogens with zero attached hydrogens (tertiary/aromatic N) is 2. The summed E-state index contributed by atoms with van der Waals surface area (Å²) in [6.45, 7) is 4.37. The third-order valence-electron chi connectivity index (χ3n) is 3.96. The number of aryl methyl sites for hydroxylation is 1. The van der Waals surface area contributed by atoms with Crippen LogP contribution in [0, 0.1) is 0 Å². The Morgan fingerprint density at radius 2 is 1.75 bits per heavy atom. The Balaban J connectivity index is 2.26. The molecular formula is C14H25N3O2S. The molecule has 0 bridgehead atoms. The fraction of sp³-hybridized carbons (Fsp3) is 0.714. The second-order valence-electron chi connectivity index (χ2n) is 5.33. The van der Waals surface area contributed by atoms with Crippen LogP contribution < -0.4 is 5.73 Å². The molecule has 0 unspecified atom stereocenters. The molecular weight excluding hydrogens is 274 g/mol. The van der Waals surface area contributed by atoms with Crippen molar-refractivity contribution in [3.63, 3.8) is 0 Å². The molecule has 0 saturated carbocycles. The molecule has 1 aromatic heterocycles. The van der Waals surface area contributed by atoms with Crippen LogP contribution in [0.4, 0.5) is 0 Å². The lowest BCUT2D eigenvalue weighted by atomic mass is 10.1. The lowest BCUT2D eigenvalue weighted by Crippen LogP contribution is -2.33. The van der Waals surface area contributed by atoms with Crippen LogP contribution >= 0.6 is 0 Å². The van der Waals surface area contributed by atoms with Crippen molar-refractivity contribution < 1.29 is 8.42 Å². The van der Waals surface area contributed by atoms with Crippen LogP contribution in [-0.2, 0) is 23.1 Å². The van der Waals surface area contributed by atoms with Crippen molar-refractivity contribution in [3.05, 3.63) is 18.0 Å². The third-order valence-corrected chi connectivity index (χ3v) is 5.83. The maximum atomic E-state index is 12.7. The van der Waals surface area contributed by atoms with E-state index in [0.717, 1.165) is 37.9 Å². The largest absolute Gasteiger partial charge is 0.349 e. The highest BCUT2D eigenvalue weighted by atomic mass is 32.2. The molecule has 2 N–H and O–H groups in total. The number of nitrogens with two attached hydrogens (primary N) is 1. The van der Waals surface area contributed by atoms with Crippen molar-refractivity contribution >= 4 is 10.0 Å². The molecule has 1 saturated heterocycles. The molecule has 0 aromatic carbocycles. The third kappa shape index (κ3) is 3.24. The summed E-state index contributed by atoms with van der Waals surface area (Å²) in [5.41, 5.74) is 6.55. The monoisotopic (exact) mass is 299 g/mol. The summed E-state index contributed by atoms with van der Waals surface area (Å²) >= 11 is 0. The zero-order valence-electron chi connectivity index (χ0n) is 12.2. The van der Waals surface area contributed by atoms with E-state index in [1.807, 2.05) is 11.5 Å². The molecule has 0 atom stereocenters. The Bertz CT molecular complexity index is 507. The Labute approximate surface area is 121 Å². The SMILES string of the molecule is CCn1cc(S(=O)(=O)N2CCCCCCC2)cc1CN. The van der Waals surface area contributed by atoms with E-state index in [4.69, 9.17) is 5.73 Å². The molecule has 0 spiro atoms. The number of rotatable bonds is 4. The predicted molar refractivity (Wildman–Crippen MR) is 79.8 cm³/mol. The quantitative estimate of drug-likeness (QED) is 0.923. The first kappa shape index (κ1) is 15.5. The summed E-state index contributed by atoms with van der Waals surface area (Å²) in [6.07, 6.45) is 7.09. The smallest absolute Gasteiger partial charge is 0.244 e. The Kier molecular flexibility index (Phi) is 5.23. The highest BCUT2D eigenvalue weighted by Gasteiger charge is 2.26. The first-order valence-electron chi connectivity index (χ1n) is 7.49. The first-order chi connectivity index (χ1) is 9.59. The van der Waals surface area contributed by atoms with Crippen molar-refractivity contribution in [2.24, 2.45) is 5.73 Å². The Morgan fingerprint density at radius 3 is 2.25 bits per heavy atom. The maximum absolute atomic E-state index is 12.7. The highest BCUT2D eigenvalue weighted by molar-refractivity contribution is 7.89. The molecule has 20 heavy (non-hydrogen) atoms. The minimum atomic E-state index is -3.37. The topological polar surface area (TPSA) is 68.3 Å².